The van der Waals surface area contributed by atoms with Gasteiger partial charge in [-0.05, 0) is 13.5 Å². The molecule has 0 saturated carbocycles. The molecule has 0 radical (unpaired) electrons. The second-order valence-electron chi connectivity index (χ2n) is 6.33. The third-order valence-electron chi connectivity index (χ3n) is 4.58. The molecule has 1 atom stereocenters. The van der Waals surface area contributed by atoms with Crippen LogP contribution in [0, 0.1) is 0 Å². The average molecular weight is 384 g/mol. The Kier molecular flexibility index (Phi) is 8.37. The third-order valence-corrected chi connectivity index (χ3v) is 6.62. The molecule has 8 nitrogen and oxygen atoms in total. The van der Waals surface area contributed by atoms with E-state index in [0.717, 1.165) is 19.5 Å². The molecule has 2 saturated heterocycles. The van der Waals surface area contributed by atoms with Gasteiger partial charge in [-0.2, -0.15) is 17.0 Å². The van der Waals surface area contributed by atoms with Gasteiger partial charge in [0, 0.05) is 52.4 Å². The zero-order valence-corrected chi connectivity index (χ0v) is 16.2. The monoisotopic (exact) mass is 383 g/mol. The number of rotatable bonds is 5. The molecule has 0 aromatic rings. The number of carbonyl (C=O) groups is 1. The van der Waals surface area contributed by atoms with Crippen LogP contribution in [-0.2, 0) is 15.0 Å². The highest BCUT2D eigenvalue weighted by atomic mass is 35.5. The van der Waals surface area contributed by atoms with Crippen LogP contribution in [0.1, 0.15) is 19.8 Å². The van der Waals surface area contributed by atoms with Gasteiger partial charge >= 0.3 is 0 Å². The van der Waals surface area contributed by atoms with Crippen molar-refractivity contribution >= 4 is 28.5 Å². The summed E-state index contributed by atoms with van der Waals surface area (Å²) in [7, 11) is -1.42. The maximum absolute atomic E-state index is 12.7. The molecular weight excluding hydrogens is 354 g/mol. The van der Waals surface area contributed by atoms with Gasteiger partial charge in [-0.1, -0.05) is 13.3 Å². The van der Waals surface area contributed by atoms with Crippen molar-refractivity contribution in [3.05, 3.63) is 0 Å². The number of nitrogens with two attached hydrogens (primary N) is 1. The molecule has 2 fully saturated rings. The van der Waals surface area contributed by atoms with Crippen LogP contribution in [0.5, 0.6) is 0 Å². The minimum absolute atomic E-state index is 0. The van der Waals surface area contributed by atoms with Crippen molar-refractivity contribution < 1.29 is 13.2 Å². The van der Waals surface area contributed by atoms with E-state index in [4.69, 9.17) is 5.73 Å². The lowest BCUT2D eigenvalue weighted by atomic mass is 10.1. The van der Waals surface area contributed by atoms with Gasteiger partial charge in [0.15, 0.2) is 0 Å². The summed E-state index contributed by atoms with van der Waals surface area (Å²) in [5.41, 5.74) is 5.87. The first-order chi connectivity index (χ1) is 10.9. The Labute approximate surface area is 151 Å². The van der Waals surface area contributed by atoms with Crippen LogP contribution in [-0.4, -0.2) is 98.2 Å². The summed E-state index contributed by atoms with van der Waals surface area (Å²) >= 11 is 0. The second kappa shape index (κ2) is 9.30. The van der Waals surface area contributed by atoms with Crippen molar-refractivity contribution in [2.75, 3.05) is 59.4 Å². The van der Waals surface area contributed by atoms with E-state index in [9.17, 15) is 13.2 Å². The van der Waals surface area contributed by atoms with Crippen LogP contribution in [0.3, 0.4) is 0 Å². The quantitative estimate of drug-likeness (QED) is 0.669. The number of amides is 1. The van der Waals surface area contributed by atoms with E-state index < -0.39 is 16.3 Å². The van der Waals surface area contributed by atoms with Crippen LogP contribution in [0.2, 0.25) is 0 Å². The van der Waals surface area contributed by atoms with Gasteiger partial charge in [0.25, 0.3) is 10.2 Å². The standard InChI is InChI=1S/C14H29N5O3S.ClH/c1-3-4-13(15)14(20)17-7-11-19(12-8-17)23(21,22)18-9-5-16(2)6-10-18;/h13H,3-12,15H2,1-2H3;1H. The first-order valence-corrected chi connectivity index (χ1v) is 9.74. The molecule has 0 bridgehead atoms. The topological polar surface area (TPSA) is 90.2 Å². The molecule has 0 aromatic carbocycles. The Bertz CT molecular complexity index is 503. The molecule has 2 rings (SSSR count). The Morgan fingerprint density at radius 1 is 1.00 bits per heavy atom. The fourth-order valence-electron chi connectivity index (χ4n) is 2.99. The SMILES string of the molecule is CCCC(N)C(=O)N1CCN(S(=O)(=O)N2CCN(C)CC2)CC1.Cl. The molecule has 10 heteroatoms. The van der Waals surface area contributed by atoms with Gasteiger partial charge in [0.05, 0.1) is 6.04 Å². The van der Waals surface area contributed by atoms with Crippen LogP contribution in [0.25, 0.3) is 0 Å². The molecule has 24 heavy (non-hydrogen) atoms. The lowest BCUT2D eigenvalue weighted by Gasteiger charge is -2.39. The second-order valence-corrected chi connectivity index (χ2v) is 8.26. The number of hydrogen-bond acceptors (Lipinski definition) is 5. The third kappa shape index (κ3) is 5.03. The summed E-state index contributed by atoms with van der Waals surface area (Å²) in [6.07, 6.45) is 1.53. The van der Waals surface area contributed by atoms with E-state index >= 15 is 0 Å². The summed E-state index contributed by atoms with van der Waals surface area (Å²) in [6.45, 7) is 6.09. The molecule has 2 N–H and O–H groups in total. The van der Waals surface area contributed by atoms with Crippen LogP contribution in [0.15, 0.2) is 0 Å². The minimum atomic E-state index is -3.42. The van der Waals surface area contributed by atoms with Crippen molar-refractivity contribution in [1.82, 2.24) is 18.4 Å². The van der Waals surface area contributed by atoms with Crippen LogP contribution in [0.4, 0.5) is 0 Å². The van der Waals surface area contributed by atoms with Gasteiger partial charge in [0.2, 0.25) is 5.91 Å². The lowest BCUT2D eigenvalue weighted by molar-refractivity contribution is -0.134. The first-order valence-electron chi connectivity index (χ1n) is 8.34. The largest absolute Gasteiger partial charge is 0.339 e. The zero-order chi connectivity index (χ0) is 17.0. The molecule has 0 aliphatic carbocycles. The highest BCUT2D eigenvalue weighted by molar-refractivity contribution is 7.86. The highest BCUT2D eigenvalue weighted by Gasteiger charge is 2.35. The van der Waals surface area contributed by atoms with E-state index in [1.165, 1.54) is 4.31 Å². The van der Waals surface area contributed by atoms with Crippen LogP contribution < -0.4 is 5.73 Å². The maximum Gasteiger partial charge on any atom is 0.282 e. The van der Waals surface area contributed by atoms with E-state index in [-0.39, 0.29) is 18.3 Å². The Balaban J connectivity index is 0.00000288. The summed E-state index contributed by atoms with van der Waals surface area (Å²) in [5.74, 6) is -0.0662. The number of nitrogens with zero attached hydrogens (tertiary/aromatic N) is 4. The smallest absolute Gasteiger partial charge is 0.282 e. The number of halogens is 1. The molecule has 142 valence electrons. The molecular formula is C14H30ClN5O3S. The summed E-state index contributed by atoms with van der Waals surface area (Å²) in [5, 5.41) is 0. The first kappa shape index (κ1) is 21.6. The highest BCUT2D eigenvalue weighted by Crippen LogP contribution is 2.15. The fraction of sp³-hybridized carbons (Fsp3) is 0.929. The molecule has 1 amide bonds. The molecule has 1 unspecified atom stereocenters. The molecule has 2 aliphatic heterocycles. The van der Waals surface area contributed by atoms with E-state index in [0.29, 0.717) is 45.7 Å². The van der Waals surface area contributed by atoms with E-state index in [1.54, 1.807) is 9.21 Å². The predicted molar refractivity (Wildman–Crippen MR) is 96.3 cm³/mol. The average Bonchev–Trinajstić information content (AvgIpc) is 2.55. The fourth-order valence-corrected chi connectivity index (χ4v) is 4.57. The van der Waals surface area contributed by atoms with E-state index in [1.807, 2.05) is 14.0 Å². The molecule has 0 aromatic heterocycles. The molecule has 2 aliphatic rings. The zero-order valence-electron chi connectivity index (χ0n) is 14.6. The van der Waals surface area contributed by atoms with Crippen molar-refractivity contribution in [1.29, 1.82) is 0 Å². The van der Waals surface area contributed by atoms with Gasteiger partial charge < -0.3 is 15.5 Å². The number of carbonyl (C=O) groups excluding carboxylic acids is 1. The summed E-state index contributed by atoms with van der Waals surface area (Å²) in [4.78, 5) is 16.0. The Morgan fingerprint density at radius 2 is 1.46 bits per heavy atom. The van der Waals surface area contributed by atoms with Crippen molar-refractivity contribution in [2.24, 2.45) is 5.73 Å². The minimum Gasteiger partial charge on any atom is -0.339 e. The van der Waals surface area contributed by atoms with Gasteiger partial charge in [-0.15, -0.1) is 12.4 Å². The Hall–Kier alpha value is -0.450. The van der Waals surface area contributed by atoms with Crippen LogP contribution >= 0.6 is 12.4 Å². The summed E-state index contributed by atoms with van der Waals surface area (Å²) in [6, 6.07) is -0.471. The van der Waals surface area contributed by atoms with Gasteiger partial charge in [0.1, 0.15) is 0 Å². The van der Waals surface area contributed by atoms with Crippen molar-refractivity contribution in [2.45, 2.75) is 25.8 Å². The predicted octanol–water partition coefficient (Wildman–Crippen LogP) is -0.828. The Morgan fingerprint density at radius 3 is 1.92 bits per heavy atom. The van der Waals surface area contributed by atoms with Gasteiger partial charge in [-0.25, -0.2) is 0 Å². The number of likely N-dealkylation sites (N-methyl/N-ethyl adjacent to an activating group) is 1. The summed E-state index contributed by atoms with van der Waals surface area (Å²) < 4.78 is 28.4. The molecule has 0 spiro atoms. The van der Waals surface area contributed by atoms with Crippen molar-refractivity contribution in [3.8, 4) is 0 Å². The molecule has 2 heterocycles. The maximum atomic E-state index is 12.7. The number of piperazine rings is 2. The number of hydrogen-bond donors (Lipinski definition) is 1. The van der Waals surface area contributed by atoms with Gasteiger partial charge in [-0.3, -0.25) is 4.79 Å². The van der Waals surface area contributed by atoms with Crippen molar-refractivity contribution in [3.63, 3.8) is 0 Å². The normalized spacial score (nSPS) is 22.9. The van der Waals surface area contributed by atoms with E-state index in [2.05, 4.69) is 4.90 Å². The lowest BCUT2D eigenvalue weighted by Crippen LogP contribution is -2.58.